The molecule has 1 N–H and O–H groups in total. The number of hydrogen-bond acceptors (Lipinski definition) is 1. The highest BCUT2D eigenvalue weighted by Gasteiger charge is 2.32. The summed E-state index contributed by atoms with van der Waals surface area (Å²) in [6, 6.07) is 21.9. The number of benzene rings is 2. The fourth-order valence-electron chi connectivity index (χ4n) is 2.99. The van der Waals surface area contributed by atoms with Gasteiger partial charge in [0.25, 0.3) is 0 Å². The maximum absolute atomic E-state index is 3.88. The van der Waals surface area contributed by atoms with Gasteiger partial charge in [-0.05, 0) is 32.2 Å². The molecule has 0 aromatic heterocycles. The first-order chi connectivity index (χ1) is 10.9. The molecule has 2 aromatic rings. The number of nitrogens with one attached hydrogen (secondary N) is 1. The Hall–Kier alpha value is -1.43. The molecule has 114 valence electrons. The Labute approximate surface area is 135 Å². The van der Waals surface area contributed by atoms with Crippen molar-refractivity contribution in [3.8, 4) is 0 Å². The molecule has 1 nitrogen and oxygen atoms in total. The second kappa shape index (κ2) is 7.72. The predicted molar refractivity (Wildman–Crippen MR) is 97.3 cm³/mol. The van der Waals surface area contributed by atoms with E-state index in [4.69, 9.17) is 0 Å². The molecule has 0 unspecified atom stereocenters. The minimum Gasteiger partial charge on any atom is -0.294 e. The summed E-state index contributed by atoms with van der Waals surface area (Å²) < 4.78 is 0. The zero-order valence-corrected chi connectivity index (χ0v) is 14.0. The quantitative estimate of drug-likeness (QED) is 0.402. The lowest BCUT2D eigenvalue weighted by Gasteiger charge is -2.27. The first-order valence-corrected chi connectivity index (χ1v) is 9.68. The molecule has 1 heterocycles. The summed E-state index contributed by atoms with van der Waals surface area (Å²) in [4.78, 5) is 0. The van der Waals surface area contributed by atoms with Gasteiger partial charge in [-0.2, -0.15) is 0 Å². The van der Waals surface area contributed by atoms with Crippen LogP contribution in [0.5, 0.6) is 0 Å². The summed E-state index contributed by atoms with van der Waals surface area (Å²) in [5.74, 6) is 0. The van der Waals surface area contributed by atoms with E-state index in [1.165, 1.54) is 24.0 Å². The molecule has 0 bridgehead atoms. The minimum absolute atomic E-state index is 0.297. The van der Waals surface area contributed by atoms with Gasteiger partial charge in [-0.1, -0.05) is 86.2 Å². The summed E-state index contributed by atoms with van der Waals surface area (Å²) in [5, 5.41) is 3.88. The Morgan fingerprint density at radius 2 is 1.32 bits per heavy atom. The Morgan fingerprint density at radius 1 is 0.818 bits per heavy atom. The molecule has 0 amide bonds. The molecular weight excluding hydrogens is 285 g/mol. The molecule has 0 radical (unpaired) electrons. The van der Waals surface area contributed by atoms with Crippen LogP contribution in [0.2, 0.25) is 0 Å². The van der Waals surface area contributed by atoms with Crippen molar-refractivity contribution in [3.63, 3.8) is 0 Å². The minimum atomic E-state index is -0.297. The van der Waals surface area contributed by atoms with E-state index < -0.39 is 0 Å². The molecule has 0 spiro atoms. The van der Waals surface area contributed by atoms with Crippen LogP contribution in [0.15, 0.2) is 72.8 Å². The molecule has 22 heavy (non-hydrogen) atoms. The number of unbranched alkanes of at least 4 members (excludes halogenated alkanes) is 1. The first kappa shape index (κ1) is 15.5. The lowest BCUT2D eigenvalue weighted by atomic mass is 10.1. The van der Waals surface area contributed by atoms with Crippen molar-refractivity contribution in [1.29, 1.82) is 0 Å². The molecule has 2 heteroatoms. The third-order valence-electron chi connectivity index (χ3n) is 4.18. The molecule has 2 aromatic carbocycles. The average Bonchev–Trinajstić information content (AvgIpc) is 3.01. The van der Waals surface area contributed by atoms with Crippen molar-refractivity contribution in [1.82, 2.24) is 5.09 Å². The van der Waals surface area contributed by atoms with Crippen LogP contribution < -0.4 is 5.09 Å². The van der Waals surface area contributed by atoms with Gasteiger partial charge in [0.15, 0.2) is 0 Å². The van der Waals surface area contributed by atoms with E-state index in [0.717, 1.165) is 6.54 Å². The lowest BCUT2D eigenvalue weighted by Crippen LogP contribution is -2.14. The number of rotatable bonds is 6. The molecule has 1 aliphatic heterocycles. The largest absolute Gasteiger partial charge is 0.294 e. The molecule has 0 aliphatic carbocycles. The number of allylic oxidation sites excluding steroid dienone is 2. The highest BCUT2D eigenvalue weighted by molar-refractivity contribution is 7.57. The van der Waals surface area contributed by atoms with Crippen LogP contribution in [0.1, 0.15) is 42.2 Å². The van der Waals surface area contributed by atoms with Crippen molar-refractivity contribution >= 4 is 8.07 Å². The zero-order valence-electron chi connectivity index (χ0n) is 13.2. The van der Waals surface area contributed by atoms with E-state index in [-0.39, 0.29) is 8.07 Å². The third-order valence-corrected chi connectivity index (χ3v) is 6.91. The summed E-state index contributed by atoms with van der Waals surface area (Å²) in [6.45, 7) is 3.38. The Kier molecular flexibility index (Phi) is 5.43. The van der Waals surface area contributed by atoms with Gasteiger partial charge in [0.2, 0.25) is 0 Å². The molecule has 1 aliphatic rings. The van der Waals surface area contributed by atoms with E-state index >= 15 is 0 Å². The van der Waals surface area contributed by atoms with Crippen molar-refractivity contribution < 1.29 is 0 Å². The average molecular weight is 309 g/mol. The van der Waals surface area contributed by atoms with Crippen LogP contribution in [0.4, 0.5) is 0 Å². The lowest BCUT2D eigenvalue weighted by molar-refractivity contribution is 0.765. The van der Waals surface area contributed by atoms with E-state index in [0.29, 0.717) is 11.3 Å². The maximum atomic E-state index is 3.88. The maximum Gasteiger partial charge on any atom is 0.0360 e. The van der Waals surface area contributed by atoms with Crippen LogP contribution in [-0.4, -0.2) is 6.54 Å². The van der Waals surface area contributed by atoms with Crippen LogP contribution >= 0.6 is 8.07 Å². The molecular formula is C20H24NP. The molecule has 0 fully saturated rings. The van der Waals surface area contributed by atoms with Gasteiger partial charge >= 0.3 is 0 Å². The van der Waals surface area contributed by atoms with Gasteiger partial charge in [-0.25, -0.2) is 0 Å². The van der Waals surface area contributed by atoms with Crippen LogP contribution in [0.25, 0.3) is 0 Å². The van der Waals surface area contributed by atoms with E-state index in [1.54, 1.807) is 0 Å². The highest BCUT2D eigenvalue weighted by atomic mass is 31.1. The zero-order chi connectivity index (χ0) is 15.2. The van der Waals surface area contributed by atoms with E-state index in [9.17, 15) is 0 Å². The van der Waals surface area contributed by atoms with Crippen LogP contribution in [0, 0.1) is 0 Å². The smallest absolute Gasteiger partial charge is 0.0360 e. The Bertz CT molecular complexity index is 544. The fourth-order valence-corrected chi connectivity index (χ4v) is 5.71. The van der Waals surface area contributed by atoms with Crippen LogP contribution in [0.3, 0.4) is 0 Å². The van der Waals surface area contributed by atoms with Gasteiger partial charge in [0.1, 0.15) is 0 Å². The molecule has 3 rings (SSSR count). The van der Waals surface area contributed by atoms with Gasteiger partial charge in [-0.15, -0.1) is 0 Å². The number of hydrogen-bond donors (Lipinski definition) is 1. The van der Waals surface area contributed by atoms with Gasteiger partial charge < -0.3 is 0 Å². The van der Waals surface area contributed by atoms with Crippen molar-refractivity contribution in [2.24, 2.45) is 0 Å². The van der Waals surface area contributed by atoms with E-state index in [2.05, 4.69) is 84.8 Å². The Balaban J connectivity index is 1.83. The van der Waals surface area contributed by atoms with Crippen molar-refractivity contribution in [3.05, 3.63) is 83.9 Å². The van der Waals surface area contributed by atoms with Crippen molar-refractivity contribution in [2.45, 2.75) is 31.1 Å². The molecule has 0 saturated carbocycles. The van der Waals surface area contributed by atoms with Gasteiger partial charge in [0, 0.05) is 11.3 Å². The SMILES string of the molecule is CCCCNP1[C@H](c2ccccc2)C=C[C@H]1c1ccccc1. The van der Waals surface area contributed by atoms with Gasteiger partial charge in [0.05, 0.1) is 0 Å². The van der Waals surface area contributed by atoms with Crippen molar-refractivity contribution in [2.75, 3.05) is 6.54 Å². The van der Waals surface area contributed by atoms with Crippen LogP contribution in [-0.2, 0) is 0 Å². The summed E-state index contributed by atoms with van der Waals surface area (Å²) in [7, 11) is -0.297. The normalized spacial score (nSPS) is 21.3. The van der Waals surface area contributed by atoms with E-state index in [1.807, 2.05) is 0 Å². The molecule has 2 atom stereocenters. The molecule has 0 saturated heterocycles. The topological polar surface area (TPSA) is 12.0 Å². The second-order valence-corrected chi connectivity index (χ2v) is 8.01. The third kappa shape index (κ3) is 3.48. The van der Waals surface area contributed by atoms with Gasteiger partial charge in [-0.3, -0.25) is 5.09 Å². The Morgan fingerprint density at radius 3 is 1.77 bits per heavy atom. The highest BCUT2D eigenvalue weighted by Crippen LogP contribution is 2.64. The standard InChI is InChI=1S/C20H24NP/c1-2-3-16-21-22-19(17-10-6-4-7-11-17)14-15-20(22)18-12-8-5-9-13-18/h4-15,19-21H,2-3,16H2,1H3/t19-,20-/m0/s1. The fraction of sp³-hybridized carbons (Fsp3) is 0.300. The predicted octanol–water partition coefficient (Wildman–Crippen LogP) is 5.83. The summed E-state index contributed by atoms with van der Waals surface area (Å²) in [6.07, 6.45) is 7.33. The summed E-state index contributed by atoms with van der Waals surface area (Å²) >= 11 is 0. The summed E-state index contributed by atoms with van der Waals surface area (Å²) in [5.41, 5.74) is 3.93. The monoisotopic (exact) mass is 309 g/mol. The second-order valence-electron chi connectivity index (χ2n) is 5.76. The first-order valence-electron chi connectivity index (χ1n) is 8.20.